The zero-order valence-electron chi connectivity index (χ0n) is 15.9. The number of hydrogen-bond donors (Lipinski definition) is 1. The highest BCUT2D eigenvalue weighted by Crippen LogP contribution is 2.40. The minimum Gasteiger partial charge on any atom is -0.484 e. The molecule has 1 amide bonds. The molecule has 0 atom stereocenters. The normalized spacial score (nSPS) is 16.0. The molecule has 0 spiro atoms. The molecule has 0 radical (unpaired) electrons. The van der Waals surface area contributed by atoms with Crippen molar-refractivity contribution in [3.63, 3.8) is 0 Å². The number of amides is 1. The second-order valence-electron chi connectivity index (χ2n) is 7.25. The first kappa shape index (κ1) is 21.0. The largest absolute Gasteiger partial charge is 0.484 e. The molecular formula is C19H19F3N2O4S. The molecule has 10 heteroatoms. The number of ether oxygens (including phenoxy) is 1. The van der Waals surface area contributed by atoms with Crippen molar-refractivity contribution < 1.29 is 31.1 Å². The van der Waals surface area contributed by atoms with Crippen LogP contribution < -0.4 is 14.4 Å². The summed E-state index contributed by atoms with van der Waals surface area (Å²) in [5, 5.41) is 0. The van der Waals surface area contributed by atoms with Gasteiger partial charge >= 0.3 is 6.18 Å². The lowest BCUT2D eigenvalue weighted by Gasteiger charge is -2.39. The van der Waals surface area contributed by atoms with Gasteiger partial charge in [-0.1, -0.05) is 12.1 Å². The number of alkyl halides is 3. The van der Waals surface area contributed by atoms with Crippen molar-refractivity contribution in [3.8, 4) is 5.75 Å². The first-order valence-corrected chi connectivity index (χ1v) is 10.1. The van der Waals surface area contributed by atoms with Crippen LogP contribution in [0.2, 0.25) is 0 Å². The number of para-hydroxylation sites is 1. The van der Waals surface area contributed by atoms with E-state index in [-0.39, 0.29) is 23.0 Å². The molecule has 0 bridgehead atoms. The van der Waals surface area contributed by atoms with Crippen molar-refractivity contribution >= 4 is 27.3 Å². The molecule has 2 aromatic rings. The summed E-state index contributed by atoms with van der Waals surface area (Å²) in [6.45, 7) is 5.10. The smallest absolute Gasteiger partial charge is 0.418 e. The quantitative estimate of drug-likeness (QED) is 0.801. The number of hydrogen-bond acceptors (Lipinski definition) is 4. The van der Waals surface area contributed by atoms with Gasteiger partial charge in [0.2, 0.25) is 5.91 Å². The second kappa shape index (κ2) is 6.94. The molecule has 156 valence electrons. The predicted octanol–water partition coefficient (Wildman–Crippen LogP) is 4.03. The summed E-state index contributed by atoms with van der Waals surface area (Å²) in [6.07, 6.45) is -4.72. The Morgan fingerprint density at radius 2 is 1.83 bits per heavy atom. The van der Waals surface area contributed by atoms with Gasteiger partial charge in [0, 0.05) is 6.92 Å². The van der Waals surface area contributed by atoms with E-state index in [4.69, 9.17) is 4.74 Å². The fourth-order valence-electron chi connectivity index (χ4n) is 3.06. The van der Waals surface area contributed by atoms with Crippen LogP contribution in [0.25, 0.3) is 0 Å². The van der Waals surface area contributed by atoms with Gasteiger partial charge in [-0.2, -0.15) is 13.2 Å². The van der Waals surface area contributed by atoms with Crippen molar-refractivity contribution in [2.45, 2.75) is 37.4 Å². The molecule has 3 rings (SSSR count). The van der Waals surface area contributed by atoms with E-state index in [1.807, 2.05) is 4.72 Å². The maximum atomic E-state index is 13.2. The van der Waals surface area contributed by atoms with Gasteiger partial charge in [-0.25, -0.2) is 8.42 Å². The lowest BCUT2D eigenvalue weighted by molar-refractivity contribution is -0.136. The van der Waals surface area contributed by atoms with E-state index >= 15 is 0 Å². The van der Waals surface area contributed by atoms with E-state index in [0.29, 0.717) is 5.75 Å². The summed E-state index contributed by atoms with van der Waals surface area (Å²) in [6, 6.07) is 8.11. The highest BCUT2D eigenvalue weighted by Gasteiger charge is 2.36. The van der Waals surface area contributed by atoms with Crippen LogP contribution in [0.1, 0.15) is 26.3 Å². The Balaban J connectivity index is 2.02. The van der Waals surface area contributed by atoms with Crippen LogP contribution in [-0.4, -0.2) is 26.5 Å². The maximum Gasteiger partial charge on any atom is 0.418 e. The lowest BCUT2D eigenvalue weighted by Crippen LogP contribution is -2.48. The number of nitrogens with zero attached hydrogens (tertiary/aromatic N) is 1. The number of sulfonamides is 1. The molecule has 0 saturated carbocycles. The van der Waals surface area contributed by atoms with Gasteiger partial charge in [0.15, 0.2) is 0 Å². The second-order valence-corrected chi connectivity index (χ2v) is 8.93. The van der Waals surface area contributed by atoms with Crippen LogP contribution in [0.3, 0.4) is 0 Å². The Morgan fingerprint density at radius 1 is 1.17 bits per heavy atom. The van der Waals surface area contributed by atoms with Crippen LogP contribution in [-0.2, 0) is 21.0 Å². The van der Waals surface area contributed by atoms with Gasteiger partial charge in [-0.05, 0) is 44.2 Å². The predicted molar refractivity (Wildman–Crippen MR) is 101 cm³/mol. The summed E-state index contributed by atoms with van der Waals surface area (Å²) in [5.74, 6) is -0.00126. The van der Waals surface area contributed by atoms with Gasteiger partial charge in [-0.15, -0.1) is 0 Å². The molecule has 1 aliphatic heterocycles. The molecule has 0 unspecified atom stereocenters. The number of carbonyl (C=O) groups is 1. The molecule has 0 aliphatic carbocycles. The molecule has 0 aromatic heterocycles. The van der Waals surface area contributed by atoms with E-state index in [9.17, 15) is 26.4 Å². The molecule has 0 saturated heterocycles. The molecule has 1 aliphatic rings. The summed E-state index contributed by atoms with van der Waals surface area (Å²) in [7, 11) is -4.35. The zero-order valence-corrected chi connectivity index (χ0v) is 16.7. The fraction of sp³-hybridized carbons (Fsp3) is 0.316. The number of fused-ring (bicyclic) bond motifs is 1. The van der Waals surface area contributed by atoms with Crippen molar-refractivity contribution in [2.24, 2.45) is 0 Å². The van der Waals surface area contributed by atoms with E-state index in [2.05, 4.69) is 0 Å². The van der Waals surface area contributed by atoms with Crippen LogP contribution in [0.15, 0.2) is 47.4 Å². The zero-order chi connectivity index (χ0) is 21.6. The summed E-state index contributed by atoms with van der Waals surface area (Å²) < 4.78 is 72.8. The summed E-state index contributed by atoms with van der Waals surface area (Å²) in [5.41, 5.74) is -2.12. The summed E-state index contributed by atoms with van der Waals surface area (Å²) in [4.78, 5) is 13.1. The van der Waals surface area contributed by atoms with Crippen molar-refractivity contribution in [2.75, 3.05) is 16.2 Å². The third kappa shape index (κ3) is 4.31. The molecule has 0 fully saturated rings. The van der Waals surface area contributed by atoms with Crippen molar-refractivity contribution in [1.29, 1.82) is 0 Å². The van der Waals surface area contributed by atoms with Crippen molar-refractivity contribution in [1.82, 2.24) is 0 Å². The maximum absolute atomic E-state index is 13.2. The monoisotopic (exact) mass is 428 g/mol. The standard InChI is InChI=1S/C19H19F3N2O4S/c1-12(25)24-11-18(2,3)28-17-9-8-13(10-16(17)24)29(26,27)23-15-7-5-4-6-14(15)19(20,21)22/h4-10,23H,11H2,1-3H3. The van der Waals surface area contributed by atoms with Crippen molar-refractivity contribution in [3.05, 3.63) is 48.0 Å². The minimum atomic E-state index is -4.72. The third-order valence-electron chi connectivity index (χ3n) is 4.31. The van der Waals surface area contributed by atoms with Crippen LogP contribution >= 0.6 is 0 Å². The van der Waals surface area contributed by atoms with Crippen LogP contribution in [0, 0.1) is 0 Å². The average molecular weight is 428 g/mol. The lowest BCUT2D eigenvalue weighted by atomic mass is 10.1. The number of nitrogens with one attached hydrogen (secondary N) is 1. The van der Waals surface area contributed by atoms with E-state index in [1.165, 1.54) is 42.2 Å². The number of carbonyl (C=O) groups excluding carboxylic acids is 1. The molecule has 1 N–H and O–H groups in total. The average Bonchev–Trinajstić information content (AvgIpc) is 2.59. The molecular weight excluding hydrogens is 409 g/mol. The van der Waals surface area contributed by atoms with Gasteiger partial charge in [0.25, 0.3) is 10.0 Å². The number of rotatable bonds is 3. The minimum absolute atomic E-state index is 0.198. The first-order chi connectivity index (χ1) is 13.3. The van der Waals surface area contributed by atoms with Crippen LogP contribution in [0.5, 0.6) is 5.75 Å². The Morgan fingerprint density at radius 3 is 2.45 bits per heavy atom. The van der Waals surface area contributed by atoms with Gasteiger partial charge < -0.3 is 9.64 Å². The highest BCUT2D eigenvalue weighted by atomic mass is 32.2. The Hall–Kier alpha value is -2.75. The summed E-state index contributed by atoms with van der Waals surface area (Å²) >= 11 is 0. The Labute approximate surface area is 166 Å². The number of halogens is 3. The van der Waals surface area contributed by atoms with E-state index in [1.54, 1.807) is 13.8 Å². The first-order valence-electron chi connectivity index (χ1n) is 8.60. The topological polar surface area (TPSA) is 75.7 Å². The molecule has 1 heterocycles. The third-order valence-corrected chi connectivity index (χ3v) is 5.68. The van der Waals surface area contributed by atoms with E-state index < -0.39 is 33.1 Å². The van der Waals surface area contributed by atoms with Crippen LogP contribution in [0.4, 0.5) is 24.5 Å². The molecule has 2 aromatic carbocycles. The Bertz CT molecular complexity index is 1070. The van der Waals surface area contributed by atoms with E-state index in [0.717, 1.165) is 12.1 Å². The molecule has 6 nitrogen and oxygen atoms in total. The van der Waals surface area contributed by atoms with Gasteiger partial charge in [0.1, 0.15) is 11.4 Å². The Kier molecular flexibility index (Phi) is 5.02. The fourth-order valence-corrected chi connectivity index (χ4v) is 4.16. The van der Waals surface area contributed by atoms with Gasteiger partial charge in [0.05, 0.1) is 28.4 Å². The van der Waals surface area contributed by atoms with Gasteiger partial charge in [-0.3, -0.25) is 9.52 Å². The molecule has 29 heavy (non-hydrogen) atoms. The SMILES string of the molecule is CC(=O)N1CC(C)(C)Oc2ccc(S(=O)(=O)Nc3ccccc3C(F)(F)F)cc21. The number of anilines is 2. The number of benzene rings is 2. The highest BCUT2D eigenvalue weighted by molar-refractivity contribution is 7.92.